The zero-order valence-electron chi connectivity index (χ0n) is 7.95. The summed E-state index contributed by atoms with van der Waals surface area (Å²) in [4.78, 5) is 3.71. The fourth-order valence-electron chi connectivity index (χ4n) is 1.24. The van der Waals surface area contributed by atoms with E-state index in [0.29, 0.717) is 6.42 Å². The molecular formula is C8H10Cl3NO2S. The Morgan fingerprint density at radius 3 is 2.67 bits per heavy atom. The number of hydrogen-bond acceptors (Lipinski definition) is 3. The van der Waals surface area contributed by atoms with Gasteiger partial charge in [-0.25, -0.2) is 8.42 Å². The van der Waals surface area contributed by atoms with E-state index in [1.807, 2.05) is 0 Å². The minimum atomic E-state index is -3.59. The molecule has 0 aromatic heterocycles. The van der Waals surface area contributed by atoms with Crippen molar-refractivity contribution >= 4 is 50.9 Å². The number of hydrogen-bond donors (Lipinski definition) is 0. The van der Waals surface area contributed by atoms with Crippen molar-refractivity contribution in [1.29, 1.82) is 0 Å². The third-order valence-corrected chi connectivity index (χ3v) is 6.76. The summed E-state index contributed by atoms with van der Waals surface area (Å²) in [7, 11) is -3.59. The molecule has 0 saturated heterocycles. The van der Waals surface area contributed by atoms with Crippen LogP contribution in [0.3, 0.4) is 0 Å². The molecule has 0 spiro atoms. The quantitative estimate of drug-likeness (QED) is 0.750. The number of halogens is 3. The molecule has 0 aromatic carbocycles. The van der Waals surface area contributed by atoms with Gasteiger partial charge in [0, 0.05) is 12.4 Å². The molecule has 1 aliphatic rings. The van der Waals surface area contributed by atoms with Gasteiger partial charge in [-0.15, -0.1) is 11.6 Å². The largest absolute Gasteiger partial charge is 0.266 e. The summed E-state index contributed by atoms with van der Waals surface area (Å²) in [6.45, 7) is 1.75. The summed E-state index contributed by atoms with van der Waals surface area (Å²) < 4.78 is 22.1. The van der Waals surface area contributed by atoms with E-state index in [4.69, 9.17) is 34.8 Å². The lowest BCUT2D eigenvalue weighted by molar-refractivity contribution is 0.581. The molecule has 0 N–H and O–H groups in total. The Hall–Kier alpha value is 0.230. The Morgan fingerprint density at radius 2 is 2.20 bits per heavy atom. The minimum Gasteiger partial charge on any atom is -0.266 e. The summed E-state index contributed by atoms with van der Waals surface area (Å²) in [6.07, 6.45) is 2.94. The van der Waals surface area contributed by atoms with Crippen LogP contribution < -0.4 is 0 Å². The average Bonchev–Trinajstić information content (AvgIpc) is 2.13. The second-order valence-electron chi connectivity index (χ2n) is 3.14. The Labute approximate surface area is 104 Å². The van der Waals surface area contributed by atoms with Gasteiger partial charge in [-0.1, -0.05) is 30.1 Å². The maximum absolute atomic E-state index is 11.9. The first-order valence-electron chi connectivity index (χ1n) is 4.31. The van der Waals surface area contributed by atoms with E-state index in [-0.39, 0.29) is 10.8 Å². The molecule has 1 rings (SSSR count). The van der Waals surface area contributed by atoms with Gasteiger partial charge in [-0.2, -0.15) is 0 Å². The SMILES string of the molecule is CCCS(=O)(=O)C1(Cl)C(Cl)=CN=CC1Cl. The molecule has 0 aliphatic carbocycles. The van der Waals surface area contributed by atoms with Crippen LogP contribution in [0.4, 0.5) is 0 Å². The molecule has 1 aliphatic heterocycles. The van der Waals surface area contributed by atoms with Gasteiger partial charge in [0.25, 0.3) is 0 Å². The predicted molar refractivity (Wildman–Crippen MR) is 64.7 cm³/mol. The molecule has 86 valence electrons. The van der Waals surface area contributed by atoms with E-state index in [9.17, 15) is 8.42 Å². The Bertz CT molecular complexity index is 404. The first-order valence-corrected chi connectivity index (χ1v) is 7.15. The fraction of sp³-hybridized carbons (Fsp3) is 0.625. The Balaban J connectivity index is 3.21. The van der Waals surface area contributed by atoms with Crippen molar-refractivity contribution in [2.75, 3.05) is 5.75 Å². The standard InChI is InChI=1S/C8H10Cl3NO2S/c1-2-3-15(13,14)8(11)6(9)4-12-5-7(8)10/h4-6H,2-3H2,1H3. The van der Waals surface area contributed by atoms with Gasteiger partial charge in [0.15, 0.2) is 9.84 Å². The highest BCUT2D eigenvalue weighted by Crippen LogP contribution is 2.41. The highest BCUT2D eigenvalue weighted by molar-refractivity contribution is 7.94. The normalized spacial score (nSPS) is 31.5. The van der Waals surface area contributed by atoms with Gasteiger partial charge in [0.1, 0.15) is 5.38 Å². The van der Waals surface area contributed by atoms with E-state index in [1.54, 1.807) is 6.92 Å². The van der Waals surface area contributed by atoms with E-state index in [0.717, 1.165) is 0 Å². The average molecular weight is 291 g/mol. The molecule has 2 atom stereocenters. The Morgan fingerprint density at radius 1 is 1.60 bits per heavy atom. The van der Waals surface area contributed by atoms with Gasteiger partial charge < -0.3 is 0 Å². The van der Waals surface area contributed by atoms with Gasteiger partial charge in [-0.05, 0) is 6.42 Å². The number of aliphatic imine (C=N–C) groups is 1. The molecular weight excluding hydrogens is 281 g/mol. The smallest absolute Gasteiger partial charge is 0.203 e. The number of sulfone groups is 1. The van der Waals surface area contributed by atoms with Gasteiger partial charge in [0.2, 0.25) is 4.21 Å². The van der Waals surface area contributed by atoms with Crippen LogP contribution in [-0.4, -0.2) is 30.0 Å². The lowest BCUT2D eigenvalue weighted by Crippen LogP contribution is -2.45. The van der Waals surface area contributed by atoms with E-state index in [1.165, 1.54) is 12.4 Å². The van der Waals surface area contributed by atoms with Crippen molar-refractivity contribution in [1.82, 2.24) is 0 Å². The van der Waals surface area contributed by atoms with Crippen LogP contribution in [-0.2, 0) is 9.84 Å². The zero-order chi connectivity index (χ0) is 11.7. The summed E-state index contributed by atoms with van der Waals surface area (Å²) >= 11 is 17.7. The van der Waals surface area contributed by atoms with Crippen molar-refractivity contribution < 1.29 is 8.42 Å². The summed E-state index contributed by atoms with van der Waals surface area (Å²) in [5.74, 6) is -0.0579. The number of nitrogens with zero attached hydrogens (tertiary/aromatic N) is 1. The number of rotatable bonds is 3. The third-order valence-electron chi connectivity index (χ3n) is 2.01. The summed E-state index contributed by atoms with van der Waals surface area (Å²) in [5, 5.41) is -1.01. The molecule has 0 saturated carbocycles. The van der Waals surface area contributed by atoms with Crippen LogP contribution in [0.1, 0.15) is 13.3 Å². The molecule has 1 heterocycles. The maximum Gasteiger partial charge on any atom is 0.203 e. The van der Waals surface area contributed by atoms with Gasteiger partial charge >= 0.3 is 0 Å². The molecule has 0 amide bonds. The summed E-state index contributed by atoms with van der Waals surface area (Å²) in [6, 6.07) is 0. The van der Waals surface area contributed by atoms with Gasteiger partial charge in [-0.3, -0.25) is 4.99 Å². The molecule has 15 heavy (non-hydrogen) atoms. The lowest BCUT2D eigenvalue weighted by atomic mass is 10.2. The Kier molecular flexibility index (Phi) is 4.09. The fourth-order valence-corrected chi connectivity index (χ4v) is 4.33. The maximum atomic E-state index is 11.9. The third kappa shape index (κ3) is 2.18. The van der Waals surface area contributed by atoms with Crippen LogP contribution in [0, 0.1) is 0 Å². The van der Waals surface area contributed by atoms with Crippen molar-refractivity contribution in [3.63, 3.8) is 0 Å². The van der Waals surface area contributed by atoms with Crippen LogP contribution in [0.25, 0.3) is 0 Å². The first-order chi connectivity index (χ1) is 6.86. The minimum absolute atomic E-state index is 0.0554. The zero-order valence-corrected chi connectivity index (χ0v) is 11.0. The molecule has 0 radical (unpaired) electrons. The molecule has 0 bridgehead atoms. The van der Waals surface area contributed by atoms with Crippen LogP contribution in [0.5, 0.6) is 0 Å². The van der Waals surface area contributed by atoms with Crippen LogP contribution in [0.15, 0.2) is 16.2 Å². The molecule has 3 nitrogen and oxygen atoms in total. The highest BCUT2D eigenvalue weighted by Gasteiger charge is 2.51. The van der Waals surface area contributed by atoms with Crippen LogP contribution >= 0.6 is 34.8 Å². The molecule has 0 fully saturated rings. The van der Waals surface area contributed by atoms with E-state index >= 15 is 0 Å². The molecule has 7 heteroatoms. The van der Waals surface area contributed by atoms with Crippen molar-refractivity contribution in [2.24, 2.45) is 4.99 Å². The van der Waals surface area contributed by atoms with E-state index in [2.05, 4.69) is 4.99 Å². The van der Waals surface area contributed by atoms with Crippen molar-refractivity contribution in [2.45, 2.75) is 22.9 Å². The monoisotopic (exact) mass is 289 g/mol. The lowest BCUT2D eigenvalue weighted by Gasteiger charge is -2.30. The highest BCUT2D eigenvalue weighted by atomic mass is 35.5. The topological polar surface area (TPSA) is 46.5 Å². The first kappa shape index (κ1) is 13.3. The molecule has 0 aromatic rings. The second-order valence-corrected chi connectivity index (χ2v) is 7.12. The van der Waals surface area contributed by atoms with Crippen molar-refractivity contribution in [3.8, 4) is 0 Å². The second kappa shape index (κ2) is 4.62. The summed E-state index contributed by atoms with van der Waals surface area (Å²) in [5.41, 5.74) is 0. The molecule has 2 unspecified atom stereocenters. The van der Waals surface area contributed by atoms with Crippen LogP contribution in [0.2, 0.25) is 0 Å². The number of alkyl halides is 2. The predicted octanol–water partition coefficient (Wildman–Crippen LogP) is 2.52. The van der Waals surface area contributed by atoms with Crippen molar-refractivity contribution in [3.05, 3.63) is 11.2 Å². The van der Waals surface area contributed by atoms with E-state index < -0.39 is 19.4 Å². The van der Waals surface area contributed by atoms with Gasteiger partial charge in [0.05, 0.1) is 10.8 Å².